The summed E-state index contributed by atoms with van der Waals surface area (Å²) in [6, 6.07) is 13.0. The molecule has 0 aliphatic carbocycles. The monoisotopic (exact) mass is 479 g/mol. The molecule has 35 heavy (non-hydrogen) atoms. The van der Waals surface area contributed by atoms with Gasteiger partial charge in [-0.15, -0.1) is 0 Å². The number of nitrogens with zero attached hydrogens (tertiary/aromatic N) is 3. The zero-order valence-electron chi connectivity index (χ0n) is 20.7. The summed E-state index contributed by atoms with van der Waals surface area (Å²) in [6.07, 6.45) is 5.19. The van der Waals surface area contributed by atoms with Crippen LogP contribution in [0.15, 0.2) is 59.3 Å². The molecule has 1 atom stereocenters. The number of Topliss-reactive ketones (excluding diaryl/α,β-unsaturated/α-hetero) is 1. The van der Waals surface area contributed by atoms with E-state index in [1.54, 1.807) is 19.6 Å². The average Bonchev–Trinajstić information content (AvgIpc) is 3.40. The van der Waals surface area contributed by atoms with E-state index in [9.17, 15) is 4.79 Å². The van der Waals surface area contributed by atoms with Gasteiger partial charge in [0, 0.05) is 38.5 Å². The first-order valence-corrected chi connectivity index (χ1v) is 12.4. The average molecular weight is 480 g/mol. The van der Waals surface area contributed by atoms with Crippen molar-refractivity contribution < 1.29 is 18.3 Å². The van der Waals surface area contributed by atoms with E-state index in [4.69, 9.17) is 9.15 Å². The van der Waals surface area contributed by atoms with Crippen LogP contribution in [0.5, 0.6) is 5.75 Å². The molecule has 0 radical (unpaired) electrons. The summed E-state index contributed by atoms with van der Waals surface area (Å²) in [6.45, 7) is 6.86. The van der Waals surface area contributed by atoms with E-state index >= 15 is 4.39 Å². The van der Waals surface area contributed by atoms with Crippen molar-refractivity contribution in [1.29, 1.82) is 0 Å². The summed E-state index contributed by atoms with van der Waals surface area (Å²) in [7, 11) is 1.65. The number of hydrogen-bond donors (Lipinski definition) is 0. The van der Waals surface area contributed by atoms with Gasteiger partial charge in [-0.2, -0.15) is 0 Å². The predicted octanol–water partition coefficient (Wildman–Crippen LogP) is 5.28. The van der Waals surface area contributed by atoms with E-state index in [1.165, 1.54) is 6.07 Å². The largest absolute Gasteiger partial charge is 0.497 e. The van der Waals surface area contributed by atoms with Crippen LogP contribution in [0.25, 0.3) is 0 Å². The van der Waals surface area contributed by atoms with Gasteiger partial charge in [0.1, 0.15) is 29.7 Å². The normalized spacial score (nSPS) is 15.4. The van der Waals surface area contributed by atoms with Crippen molar-refractivity contribution in [2.75, 3.05) is 38.2 Å². The Morgan fingerprint density at radius 2 is 1.80 bits per heavy atom. The third-order valence-electron chi connectivity index (χ3n) is 6.97. The molecule has 186 valence electrons. The number of carbonyl (C=O) groups is 1. The molecular formula is C28H34FN3O3. The van der Waals surface area contributed by atoms with Crippen LogP contribution < -0.4 is 9.64 Å². The Labute approximate surface area is 206 Å². The van der Waals surface area contributed by atoms with Crippen molar-refractivity contribution in [3.63, 3.8) is 0 Å². The highest BCUT2D eigenvalue weighted by Crippen LogP contribution is 2.31. The molecule has 0 bridgehead atoms. The first-order valence-electron chi connectivity index (χ1n) is 12.4. The number of aromatic nitrogens is 1. The Bertz CT molecular complexity index is 1090. The third-order valence-corrected chi connectivity index (χ3v) is 6.97. The van der Waals surface area contributed by atoms with Gasteiger partial charge in [-0.3, -0.25) is 9.69 Å². The van der Waals surface area contributed by atoms with Gasteiger partial charge < -0.3 is 14.1 Å². The van der Waals surface area contributed by atoms with E-state index in [2.05, 4.69) is 14.8 Å². The van der Waals surface area contributed by atoms with Crippen LogP contribution in [0.1, 0.15) is 49.7 Å². The molecule has 3 aromatic rings. The van der Waals surface area contributed by atoms with Gasteiger partial charge in [-0.1, -0.05) is 32.0 Å². The first-order chi connectivity index (χ1) is 17.0. The zero-order chi connectivity index (χ0) is 24.8. The Hall–Kier alpha value is -3.19. The highest BCUT2D eigenvalue weighted by molar-refractivity contribution is 5.83. The first kappa shape index (κ1) is 24.9. The van der Waals surface area contributed by atoms with Crippen LogP contribution in [0.4, 0.5) is 10.1 Å². The molecule has 0 N–H and O–H groups in total. The van der Waals surface area contributed by atoms with Crippen molar-refractivity contribution in [2.24, 2.45) is 5.92 Å². The van der Waals surface area contributed by atoms with E-state index in [0.29, 0.717) is 24.7 Å². The van der Waals surface area contributed by atoms with Gasteiger partial charge in [0.25, 0.3) is 0 Å². The molecule has 1 fully saturated rings. The van der Waals surface area contributed by atoms with E-state index in [-0.39, 0.29) is 30.0 Å². The summed E-state index contributed by atoms with van der Waals surface area (Å²) in [5.74, 6) is 1.40. The minimum Gasteiger partial charge on any atom is -0.497 e. The van der Waals surface area contributed by atoms with Crippen LogP contribution in [0.2, 0.25) is 0 Å². The van der Waals surface area contributed by atoms with Gasteiger partial charge in [-0.05, 0) is 48.2 Å². The molecule has 2 heterocycles. The summed E-state index contributed by atoms with van der Waals surface area (Å²) in [5.41, 5.74) is 2.39. The van der Waals surface area contributed by atoms with Gasteiger partial charge in [-0.25, -0.2) is 9.37 Å². The van der Waals surface area contributed by atoms with Crippen molar-refractivity contribution >= 4 is 11.5 Å². The van der Waals surface area contributed by atoms with E-state index in [1.807, 2.05) is 50.2 Å². The maximum Gasteiger partial charge on any atom is 0.215 e. The molecule has 0 amide bonds. The minimum absolute atomic E-state index is 0.0492. The highest BCUT2D eigenvalue weighted by atomic mass is 19.1. The summed E-state index contributed by atoms with van der Waals surface area (Å²) in [5, 5.41) is 0. The molecule has 1 saturated heterocycles. The fraction of sp³-hybridized carbons (Fsp3) is 0.429. The summed E-state index contributed by atoms with van der Waals surface area (Å²) < 4.78 is 26.0. The number of ketones is 1. The highest BCUT2D eigenvalue weighted by Gasteiger charge is 2.30. The number of ether oxygens (including phenoxy) is 1. The SMILES string of the molecule is CCC(CC)C(=O)Cc1ccc(N2CCN(C(c3ccc(OC)cc3)c3ncco3)CC2)c(F)c1. The van der Waals surface area contributed by atoms with Crippen LogP contribution in [-0.2, 0) is 11.2 Å². The van der Waals surface area contributed by atoms with Gasteiger partial charge in [0.05, 0.1) is 19.0 Å². The zero-order valence-corrected chi connectivity index (χ0v) is 20.7. The maximum atomic E-state index is 15.1. The molecule has 6 nitrogen and oxygen atoms in total. The van der Waals surface area contributed by atoms with Gasteiger partial charge >= 0.3 is 0 Å². The quantitative estimate of drug-likeness (QED) is 0.394. The molecule has 4 rings (SSSR count). The number of carbonyl (C=O) groups excluding carboxylic acids is 1. The van der Waals surface area contributed by atoms with Crippen molar-refractivity contribution in [3.05, 3.63) is 77.8 Å². The van der Waals surface area contributed by atoms with Crippen molar-refractivity contribution in [2.45, 2.75) is 39.2 Å². The predicted molar refractivity (Wildman–Crippen MR) is 134 cm³/mol. The second-order valence-electron chi connectivity index (χ2n) is 9.01. The molecule has 1 unspecified atom stereocenters. The number of anilines is 1. The van der Waals surface area contributed by atoms with Crippen LogP contribution in [0.3, 0.4) is 0 Å². The number of rotatable bonds is 10. The molecule has 0 saturated carbocycles. The Morgan fingerprint density at radius 3 is 2.37 bits per heavy atom. The Morgan fingerprint density at radius 1 is 1.09 bits per heavy atom. The minimum atomic E-state index is -0.271. The fourth-order valence-electron chi connectivity index (χ4n) is 4.89. The Kier molecular flexibility index (Phi) is 8.18. The lowest BCUT2D eigenvalue weighted by Gasteiger charge is -2.39. The molecule has 2 aromatic carbocycles. The number of piperazine rings is 1. The Balaban J connectivity index is 1.44. The lowest BCUT2D eigenvalue weighted by atomic mass is 9.93. The van der Waals surface area contributed by atoms with Crippen LogP contribution in [0, 0.1) is 11.7 Å². The van der Waals surface area contributed by atoms with Crippen LogP contribution >= 0.6 is 0 Å². The van der Waals surface area contributed by atoms with Crippen molar-refractivity contribution in [3.8, 4) is 5.75 Å². The van der Waals surface area contributed by atoms with E-state index < -0.39 is 0 Å². The lowest BCUT2D eigenvalue weighted by Crippen LogP contribution is -2.48. The lowest BCUT2D eigenvalue weighted by molar-refractivity contribution is -0.122. The smallest absolute Gasteiger partial charge is 0.215 e. The number of benzene rings is 2. The van der Waals surface area contributed by atoms with Crippen LogP contribution in [-0.4, -0.2) is 49.0 Å². The fourth-order valence-corrected chi connectivity index (χ4v) is 4.89. The number of hydrogen-bond acceptors (Lipinski definition) is 6. The van der Waals surface area contributed by atoms with Gasteiger partial charge in [0.2, 0.25) is 5.89 Å². The van der Waals surface area contributed by atoms with Crippen molar-refractivity contribution in [1.82, 2.24) is 9.88 Å². The molecule has 0 spiro atoms. The second-order valence-corrected chi connectivity index (χ2v) is 9.01. The standard InChI is InChI=1S/C28H34FN3O3/c1-4-21(5-2)26(33)19-20-6-11-25(24(29)18-20)31-13-15-32(16-14-31)27(28-30-12-17-35-28)22-7-9-23(34-3)10-8-22/h6-12,17-18,21,27H,4-5,13-16,19H2,1-3H3. The number of oxazole rings is 1. The van der Waals surface area contributed by atoms with Gasteiger partial charge in [0.15, 0.2) is 0 Å². The molecular weight excluding hydrogens is 445 g/mol. The second kappa shape index (κ2) is 11.5. The topological polar surface area (TPSA) is 58.8 Å². The molecule has 1 aliphatic rings. The molecule has 1 aromatic heterocycles. The molecule has 7 heteroatoms. The number of methoxy groups -OCH3 is 1. The maximum absolute atomic E-state index is 15.1. The van der Waals surface area contributed by atoms with E-state index in [0.717, 1.165) is 42.8 Å². The third kappa shape index (κ3) is 5.73. The summed E-state index contributed by atoms with van der Waals surface area (Å²) >= 11 is 0. The number of halogens is 1. The molecule has 1 aliphatic heterocycles. The summed E-state index contributed by atoms with van der Waals surface area (Å²) in [4.78, 5) is 21.3.